The molecule has 0 radical (unpaired) electrons. The predicted octanol–water partition coefficient (Wildman–Crippen LogP) is 4.85. The molecule has 0 saturated carbocycles. The molecule has 166 valence electrons. The number of benzene rings is 2. The van der Waals surface area contributed by atoms with Crippen molar-refractivity contribution in [2.45, 2.75) is 20.5 Å². The van der Waals surface area contributed by atoms with Gasteiger partial charge in [-0.05, 0) is 43.2 Å². The molecule has 0 bridgehead atoms. The van der Waals surface area contributed by atoms with E-state index in [-0.39, 0.29) is 22.0 Å². The van der Waals surface area contributed by atoms with E-state index in [0.29, 0.717) is 23.5 Å². The quantitative estimate of drug-likeness (QED) is 0.490. The average Bonchev–Trinajstić information content (AvgIpc) is 3.13. The number of thiophene rings is 1. The number of hydrogen-bond donors (Lipinski definition) is 1. The van der Waals surface area contributed by atoms with Crippen molar-refractivity contribution in [2.75, 3.05) is 19.0 Å². The molecule has 0 atom stereocenters. The molecule has 3 rings (SSSR count). The molecular formula is C24H23NO6S. The van der Waals surface area contributed by atoms with Gasteiger partial charge in [-0.1, -0.05) is 36.4 Å². The minimum atomic E-state index is -0.619. The van der Waals surface area contributed by atoms with E-state index in [4.69, 9.17) is 14.2 Å². The SMILES string of the molecule is CCOC(=O)c1c(NC(=O)c2cccc(OCc3ccccc3)c2)sc(C(=O)OC)c1C. The Labute approximate surface area is 189 Å². The van der Waals surface area contributed by atoms with E-state index in [1.54, 1.807) is 38.1 Å². The predicted molar refractivity (Wildman–Crippen MR) is 122 cm³/mol. The Bertz CT molecular complexity index is 1120. The maximum Gasteiger partial charge on any atom is 0.348 e. The Morgan fingerprint density at radius 1 is 1.00 bits per heavy atom. The highest BCUT2D eigenvalue weighted by atomic mass is 32.1. The van der Waals surface area contributed by atoms with Gasteiger partial charge in [-0.15, -0.1) is 11.3 Å². The summed E-state index contributed by atoms with van der Waals surface area (Å²) in [7, 11) is 1.25. The number of carbonyl (C=O) groups excluding carboxylic acids is 3. The van der Waals surface area contributed by atoms with Crippen LogP contribution in [0.1, 0.15) is 48.4 Å². The van der Waals surface area contributed by atoms with Crippen LogP contribution in [-0.2, 0) is 16.1 Å². The van der Waals surface area contributed by atoms with Crippen LogP contribution in [-0.4, -0.2) is 31.6 Å². The number of amides is 1. The topological polar surface area (TPSA) is 90.9 Å². The lowest BCUT2D eigenvalue weighted by Gasteiger charge is -2.09. The molecule has 0 fully saturated rings. The van der Waals surface area contributed by atoms with Crippen molar-refractivity contribution in [3.05, 3.63) is 81.7 Å². The smallest absolute Gasteiger partial charge is 0.348 e. The zero-order valence-corrected chi connectivity index (χ0v) is 18.8. The third-order valence-corrected chi connectivity index (χ3v) is 5.76. The largest absolute Gasteiger partial charge is 0.489 e. The van der Waals surface area contributed by atoms with Gasteiger partial charge in [-0.25, -0.2) is 9.59 Å². The van der Waals surface area contributed by atoms with E-state index in [9.17, 15) is 14.4 Å². The molecule has 1 amide bonds. The number of ether oxygens (including phenoxy) is 3. The van der Waals surface area contributed by atoms with Gasteiger partial charge in [0, 0.05) is 5.56 Å². The lowest BCUT2D eigenvalue weighted by atomic mass is 10.1. The molecule has 32 heavy (non-hydrogen) atoms. The van der Waals surface area contributed by atoms with E-state index in [1.807, 2.05) is 30.3 Å². The molecule has 2 aromatic carbocycles. The first-order valence-corrected chi connectivity index (χ1v) is 10.7. The fraction of sp³-hybridized carbons (Fsp3) is 0.208. The Hall–Kier alpha value is -3.65. The van der Waals surface area contributed by atoms with Gasteiger partial charge in [-0.3, -0.25) is 4.79 Å². The van der Waals surface area contributed by atoms with Gasteiger partial charge in [0.1, 0.15) is 22.2 Å². The zero-order chi connectivity index (χ0) is 23.1. The van der Waals surface area contributed by atoms with E-state index < -0.39 is 17.8 Å². The first-order chi connectivity index (χ1) is 15.4. The second-order valence-electron chi connectivity index (χ2n) is 6.73. The number of hydrogen-bond acceptors (Lipinski definition) is 7. The first kappa shape index (κ1) is 23.0. The van der Waals surface area contributed by atoms with Crippen LogP contribution in [0.25, 0.3) is 0 Å². The molecule has 0 spiro atoms. The lowest BCUT2D eigenvalue weighted by molar-refractivity contribution is 0.0527. The number of nitrogens with one attached hydrogen (secondary N) is 1. The minimum Gasteiger partial charge on any atom is -0.489 e. The highest BCUT2D eigenvalue weighted by Crippen LogP contribution is 2.34. The summed E-state index contributed by atoms with van der Waals surface area (Å²) in [6.45, 7) is 3.82. The number of methoxy groups -OCH3 is 1. The maximum atomic E-state index is 12.9. The van der Waals surface area contributed by atoms with Crippen molar-refractivity contribution in [3.8, 4) is 5.75 Å². The molecule has 8 heteroatoms. The van der Waals surface area contributed by atoms with E-state index in [1.165, 1.54) is 7.11 Å². The van der Waals surface area contributed by atoms with Crippen molar-refractivity contribution in [2.24, 2.45) is 0 Å². The molecular weight excluding hydrogens is 430 g/mol. The Balaban J connectivity index is 1.82. The van der Waals surface area contributed by atoms with Crippen LogP contribution in [0.4, 0.5) is 5.00 Å². The normalized spacial score (nSPS) is 10.3. The van der Waals surface area contributed by atoms with E-state index in [0.717, 1.165) is 16.9 Å². The highest BCUT2D eigenvalue weighted by molar-refractivity contribution is 7.18. The van der Waals surface area contributed by atoms with Crippen molar-refractivity contribution in [1.29, 1.82) is 0 Å². The number of esters is 2. The van der Waals surface area contributed by atoms with Gasteiger partial charge in [0.25, 0.3) is 5.91 Å². The van der Waals surface area contributed by atoms with Crippen LogP contribution in [0.5, 0.6) is 5.75 Å². The van der Waals surface area contributed by atoms with Crippen LogP contribution < -0.4 is 10.1 Å². The van der Waals surface area contributed by atoms with Crippen LogP contribution in [0, 0.1) is 6.92 Å². The summed E-state index contributed by atoms with van der Waals surface area (Å²) in [6, 6.07) is 16.4. The van der Waals surface area contributed by atoms with Crippen LogP contribution in [0.2, 0.25) is 0 Å². The van der Waals surface area contributed by atoms with Gasteiger partial charge < -0.3 is 19.5 Å². The second-order valence-corrected chi connectivity index (χ2v) is 7.75. The van der Waals surface area contributed by atoms with Crippen molar-refractivity contribution in [1.82, 2.24) is 0 Å². The van der Waals surface area contributed by atoms with Gasteiger partial charge >= 0.3 is 11.9 Å². The molecule has 0 saturated heterocycles. The Morgan fingerprint density at radius 3 is 2.44 bits per heavy atom. The fourth-order valence-corrected chi connectivity index (χ4v) is 4.09. The van der Waals surface area contributed by atoms with Gasteiger partial charge in [0.2, 0.25) is 0 Å². The molecule has 0 aliphatic heterocycles. The summed E-state index contributed by atoms with van der Waals surface area (Å²) < 4.78 is 15.7. The molecule has 1 N–H and O–H groups in total. The molecule has 7 nitrogen and oxygen atoms in total. The van der Waals surface area contributed by atoms with E-state index >= 15 is 0 Å². The Morgan fingerprint density at radius 2 is 1.75 bits per heavy atom. The molecule has 3 aromatic rings. The number of rotatable bonds is 8. The summed E-state index contributed by atoms with van der Waals surface area (Å²) in [5.74, 6) is -1.12. The van der Waals surface area contributed by atoms with Crippen LogP contribution in [0.15, 0.2) is 54.6 Å². The summed E-state index contributed by atoms with van der Waals surface area (Å²) in [5, 5.41) is 2.95. The highest BCUT2D eigenvalue weighted by Gasteiger charge is 2.27. The molecule has 0 aliphatic rings. The molecule has 0 unspecified atom stereocenters. The summed E-state index contributed by atoms with van der Waals surface area (Å²) in [5.41, 5.74) is 1.89. The molecule has 1 heterocycles. The average molecular weight is 454 g/mol. The first-order valence-electron chi connectivity index (χ1n) is 9.91. The van der Waals surface area contributed by atoms with Crippen LogP contribution >= 0.6 is 11.3 Å². The number of anilines is 1. The minimum absolute atomic E-state index is 0.141. The molecule has 1 aromatic heterocycles. The summed E-state index contributed by atoms with van der Waals surface area (Å²) in [6.07, 6.45) is 0. The van der Waals surface area contributed by atoms with Gasteiger partial charge in [0.15, 0.2) is 0 Å². The molecule has 0 aliphatic carbocycles. The second kappa shape index (κ2) is 10.6. The fourth-order valence-electron chi connectivity index (χ4n) is 2.98. The standard InChI is InChI=1S/C24H23NO6S/c1-4-30-23(27)19-15(2)20(24(28)29-3)32-22(19)25-21(26)17-11-8-12-18(13-17)31-14-16-9-6-5-7-10-16/h5-13H,4,14H2,1-3H3,(H,25,26). The van der Waals surface area contributed by atoms with Crippen molar-refractivity contribution in [3.63, 3.8) is 0 Å². The lowest BCUT2D eigenvalue weighted by Crippen LogP contribution is -2.15. The summed E-state index contributed by atoms with van der Waals surface area (Å²) >= 11 is 0.969. The maximum absolute atomic E-state index is 12.9. The van der Waals surface area contributed by atoms with E-state index in [2.05, 4.69) is 5.32 Å². The summed E-state index contributed by atoms with van der Waals surface area (Å²) in [4.78, 5) is 37.7. The van der Waals surface area contributed by atoms with Crippen LogP contribution in [0.3, 0.4) is 0 Å². The van der Waals surface area contributed by atoms with Gasteiger partial charge in [0.05, 0.1) is 19.3 Å². The van der Waals surface area contributed by atoms with Crippen molar-refractivity contribution >= 4 is 34.2 Å². The third-order valence-electron chi connectivity index (χ3n) is 4.57. The zero-order valence-electron chi connectivity index (χ0n) is 18.0. The third kappa shape index (κ3) is 5.33. The number of carbonyl (C=O) groups is 3. The Kier molecular flexibility index (Phi) is 7.62. The monoisotopic (exact) mass is 453 g/mol. The van der Waals surface area contributed by atoms with Gasteiger partial charge in [-0.2, -0.15) is 0 Å². The van der Waals surface area contributed by atoms with Crippen molar-refractivity contribution < 1.29 is 28.6 Å².